The average Bonchev–Trinajstić information content (AvgIpc) is 2.93. The van der Waals surface area contributed by atoms with Crippen LogP contribution in [0.1, 0.15) is 52.6 Å². The van der Waals surface area contributed by atoms with E-state index in [0.29, 0.717) is 16.9 Å². The Hall–Kier alpha value is -4.71. The molecule has 0 fully saturated rings. The van der Waals surface area contributed by atoms with Crippen molar-refractivity contribution in [1.29, 1.82) is 0 Å². The summed E-state index contributed by atoms with van der Waals surface area (Å²) >= 11 is 0. The molecule has 0 aliphatic rings. The normalized spacial score (nSPS) is 10.6. The molecule has 0 spiro atoms. The molecule has 6 heteroatoms. The summed E-state index contributed by atoms with van der Waals surface area (Å²) in [4.78, 5) is 34.1. The maximum Gasteiger partial charge on any atom is 0.343 e. The number of amides is 1. The summed E-state index contributed by atoms with van der Waals surface area (Å²) in [5.74, 6) is -1.21. The van der Waals surface area contributed by atoms with Gasteiger partial charge in [0.2, 0.25) is 0 Å². The number of carboxylic acid groups (broad SMARTS) is 1. The Balaban J connectivity index is 0.000000224. The van der Waals surface area contributed by atoms with Crippen LogP contribution in [0.5, 0.6) is 5.75 Å². The Kier molecular flexibility index (Phi) is 9.76. The number of esters is 1. The second kappa shape index (κ2) is 13.2. The molecule has 4 aromatic carbocycles. The largest absolute Gasteiger partial charge is 0.480 e. The summed E-state index contributed by atoms with van der Waals surface area (Å²) in [6.45, 7) is 7.90. The number of carboxylic acids is 1. The predicted octanol–water partition coefficient (Wildman–Crippen LogP) is 6.68. The van der Waals surface area contributed by atoms with Gasteiger partial charge in [-0.25, -0.2) is 4.79 Å². The maximum atomic E-state index is 12.3. The van der Waals surface area contributed by atoms with Gasteiger partial charge in [0.15, 0.2) is 0 Å². The number of nitrogens with one attached hydrogen (secondary N) is 1. The van der Waals surface area contributed by atoms with Crippen molar-refractivity contribution in [3.05, 3.63) is 125 Å². The number of carbonyl (C=O) groups is 3. The molecule has 6 nitrogen and oxygen atoms in total. The minimum Gasteiger partial charge on any atom is -0.480 e. The molecule has 0 saturated heterocycles. The molecule has 4 rings (SSSR count). The third kappa shape index (κ3) is 8.97. The number of hydrogen-bond acceptors (Lipinski definition) is 4. The van der Waals surface area contributed by atoms with E-state index in [4.69, 9.17) is 9.84 Å². The van der Waals surface area contributed by atoms with Crippen molar-refractivity contribution >= 4 is 17.8 Å². The molecule has 0 aliphatic heterocycles. The van der Waals surface area contributed by atoms with Crippen LogP contribution in [-0.2, 0) is 10.2 Å². The third-order valence-corrected chi connectivity index (χ3v) is 5.85. The highest BCUT2D eigenvalue weighted by molar-refractivity contribution is 5.95. The van der Waals surface area contributed by atoms with Crippen molar-refractivity contribution in [3.63, 3.8) is 0 Å². The first kappa shape index (κ1) is 28.9. The van der Waals surface area contributed by atoms with Crippen LogP contribution in [0.3, 0.4) is 0 Å². The Bertz CT molecular complexity index is 1400. The monoisotopic (exact) mass is 523 g/mol. The lowest BCUT2D eigenvalue weighted by atomic mass is 9.87. The molecule has 0 bridgehead atoms. The first-order valence-corrected chi connectivity index (χ1v) is 12.6. The Labute approximate surface area is 229 Å². The fourth-order valence-electron chi connectivity index (χ4n) is 3.61. The van der Waals surface area contributed by atoms with Gasteiger partial charge in [-0.15, -0.1) is 0 Å². The molecule has 0 atom stereocenters. The lowest BCUT2D eigenvalue weighted by Gasteiger charge is -2.18. The first-order chi connectivity index (χ1) is 18.5. The zero-order chi connectivity index (χ0) is 28.4. The van der Waals surface area contributed by atoms with Gasteiger partial charge in [0.05, 0.1) is 5.56 Å². The van der Waals surface area contributed by atoms with E-state index in [1.54, 1.807) is 30.3 Å². The molecule has 0 unspecified atom stereocenters. The molecule has 4 aromatic rings. The number of benzene rings is 4. The molecule has 39 heavy (non-hydrogen) atoms. The average molecular weight is 524 g/mol. The zero-order valence-corrected chi connectivity index (χ0v) is 22.6. The third-order valence-electron chi connectivity index (χ3n) is 5.85. The second-order valence-electron chi connectivity index (χ2n) is 10.1. The Morgan fingerprint density at radius 3 is 1.95 bits per heavy atom. The van der Waals surface area contributed by atoms with Crippen molar-refractivity contribution in [3.8, 4) is 16.9 Å². The molecule has 0 aliphatic carbocycles. The standard InChI is InChI=1S/C20H16O2.C13H17NO3/c1-15-10-12-19(13-11-15)22-20(21)18-9-5-8-17(14-18)16-6-3-2-4-7-16;1-13(2,3)10-6-4-9(5-7-10)12(17)14-8-11(15)16/h2-14H,1H3;4-7H,8H2,1-3H3,(H,14,17)(H,15,16). The fraction of sp³-hybridized carbons (Fsp3) is 0.182. The highest BCUT2D eigenvalue weighted by atomic mass is 16.5. The van der Waals surface area contributed by atoms with Crippen LogP contribution < -0.4 is 10.1 Å². The molecule has 0 aromatic heterocycles. The molecule has 2 N–H and O–H groups in total. The molecule has 200 valence electrons. The molecule has 0 radical (unpaired) electrons. The van der Waals surface area contributed by atoms with Crippen LogP contribution in [0.25, 0.3) is 11.1 Å². The lowest BCUT2D eigenvalue weighted by molar-refractivity contribution is -0.135. The van der Waals surface area contributed by atoms with E-state index in [2.05, 4.69) is 26.1 Å². The summed E-state index contributed by atoms with van der Waals surface area (Å²) in [7, 11) is 0. The topological polar surface area (TPSA) is 92.7 Å². The van der Waals surface area contributed by atoms with Gasteiger partial charge in [0.1, 0.15) is 12.3 Å². The number of hydrogen-bond donors (Lipinski definition) is 2. The van der Waals surface area contributed by atoms with Gasteiger partial charge >= 0.3 is 11.9 Å². The van der Waals surface area contributed by atoms with E-state index in [-0.39, 0.29) is 23.8 Å². The van der Waals surface area contributed by atoms with E-state index < -0.39 is 5.97 Å². The smallest absolute Gasteiger partial charge is 0.343 e. The summed E-state index contributed by atoms with van der Waals surface area (Å²) in [5, 5.41) is 10.8. The van der Waals surface area contributed by atoms with Crippen molar-refractivity contribution < 1.29 is 24.2 Å². The minimum absolute atomic E-state index is 0.0378. The molecule has 1 amide bonds. The number of ether oxygens (including phenoxy) is 1. The molecular weight excluding hydrogens is 490 g/mol. The highest BCUT2D eigenvalue weighted by Crippen LogP contribution is 2.23. The maximum absolute atomic E-state index is 12.3. The Morgan fingerprint density at radius 1 is 0.744 bits per heavy atom. The summed E-state index contributed by atoms with van der Waals surface area (Å²) in [6, 6.07) is 32.1. The van der Waals surface area contributed by atoms with E-state index in [1.165, 1.54) is 0 Å². The van der Waals surface area contributed by atoms with Crippen molar-refractivity contribution in [2.24, 2.45) is 0 Å². The number of rotatable bonds is 6. The van der Waals surface area contributed by atoms with Crippen molar-refractivity contribution in [1.82, 2.24) is 5.32 Å². The predicted molar refractivity (Wildman–Crippen MR) is 153 cm³/mol. The SMILES string of the molecule is CC(C)(C)c1ccc(C(=O)NCC(=O)O)cc1.Cc1ccc(OC(=O)c2cccc(-c3ccccc3)c2)cc1. The van der Waals surface area contributed by atoms with Gasteiger partial charge in [0, 0.05) is 5.56 Å². The number of aryl methyl sites for hydroxylation is 1. The quantitative estimate of drug-likeness (QED) is 0.217. The van der Waals surface area contributed by atoms with Gasteiger partial charge in [-0.3, -0.25) is 9.59 Å². The van der Waals surface area contributed by atoms with Crippen molar-refractivity contribution in [2.75, 3.05) is 6.54 Å². The van der Waals surface area contributed by atoms with Crippen LogP contribution >= 0.6 is 0 Å². The van der Waals surface area contributed by atoms with Crippen LogP contribution in [0.2, 0.25) is 0 Å². The van der Waals surface area contributed by atoms with E-state index >= 15 is 0 Å². The zero-order valence-electron chi connectivity index (χ0n) is 22.6. The van der Waals surface area contributed by atoms with E-state index in [0.717, 1.165) is 22.3 Å². The van der Waals surface area contributed by atoms with Gasteiger partial charge in [-0.05, 0) is 65.4 Å². The summed E-state index contributed by atoms with van der Waals surface area (Å²) in [6.07, 6.45) is 0. The van der Waals surface area contributed by atoms with Crippen LogP contribution in [-0.4, -0.2) is 29.5 Å². The van der Waals surface area contributed by atoms with Gasteiger partial charge < -0.3 is 15.2 Å². The summed E-state index contributed by atoms with van der Waals surface area (Å²) < 4.78 is 5.41. The minimum atomic E-state index is -1.05. The van der Waals surface area contributed by atoms with Crippen LogP contribution in [0.4, 0.5) is 0 Å². The fourth-order valence-corrected chi connectivity index (χ4v) is 3.61. The van der Waals surface area contributed by atoms with Gasteiger partial charge in [-0.2, -0.15) is 0 Å². The second-order valence-corrected chi connectivity index (χ2v) is 10.1. The number of aliphatic carboxylic acids is 1. The molecule has 0 saturated carbocycles. The van der Waals surface area contributed by atoms with Crippen LogP contribution in [0.15, 0.2) is 103 Å². The molecular formula is C33H33NO5. The first-order valence-electron chi connectivity index (χ1n) is 12.6. The Morgan fingerprint density at radius 2 is 1.36 bits per heavy atom. The number of carbonyl (C=O) groups excluding carboxylic acids is 2. The van der Waals surface area contributed by atoms with Crippen LogP contribution in [0, 0.1) is 6.92 Å². The van der Waals surface area contributed by atoms with E-state index in [9.17, 15) is 14.4 Å². The highest BCUT2D eigenvalue weighted by Gasteiger charge is 2.14. The molecule has 0 heterocycles. The van der Waals surface area contributed by atoms with Gasteiger partial charge in [-0.1, -0.05) is 93.1 Å². The lowest BCUT2D eigenvalue weighted by Crippen LogP contribution is -2.29. The van der Waals surface area contributed by atoms with Gasteiger partial charge in [0.25, 0.3) is 5.91 Å². The van der Waals surface area contributed by atoms with Crippen molar-refractivity contribution in [2.45, 2.75) is 33.1 Å². The summed E-state index contributed by atoms with van der Waals surface area (Å²) in [5.41, 5.74) is 5.39. The van der Waals surface area contributed by atoms with E-state index in [1.807, 2.05) is 79.7 Å².